The van der Waals surface area contributed by atoms with Crippen molar-refractivity contribution in [3.63, 3.8) is 0 Å². The molecule has 0 amide bonds. The molecular weight excluding hydrogens is 322 g/mol. The van der Waals surface area contributed by atoms with Crippen LogP contribution in [0.2, 0.25) is 0 Å². The molecule has 0 N–H and O–H groups in total. The molecule has 3 rings (SSSR count). The Kier molecular flexibility index (Phi) is 4.03. The summed E-state index contributed by atoms with van der Waals surface area (Å²) in [6.07, 6.45) is 6.14. The quantitative estimate of drug-likeness (QED) is 0.793. The highest BCUT2D eigenvalue weighted by Crippen LogP contribution is 2.35. The van der Waals surface area contributed by atoms with E-state index in [1.807, 2.05) is 0 Å². The van der Waals surface area contributed by atoms with E-state index in [9.17, 15) is 0 Å². The summed E-state index contributed by atoms with van der Waals surface area (Å²) in [5.74, 6) is 0. The SMILES string of the molecule is Brc1cnc(Sc2ccccc2N2CCCC2)nc1. The van der Waals surface area contributed by atoms with Gasteiger partial charge in [0.2, 0.25) is 0 Å². The lowest BCUT2D eigenvalue weighted by Gasteiger charge is -2.20. The molecule has 0 saturated carbocycles. The van der Waals surface area contributed by atoms with Gasteiger partial charge >= 0.3 is 0 Å². The van der Waals surface area contributed by atoms with E-state index in [2.05, 4.69) is 55.1 Å². The van der Waals surface area contributed by atoms with Crippen molar-refractivity contribution in [3.05, 3.63) is 41.1 Å². The van der Waals surface area contributed by atoms with Crippen LogP contribution >= 0.6 is 27.7 Å². The lowest BCUT2D eigenvalue weighted by atomic mass is 10.3. The van der Waals surface area contributed by atoms with Crippen LogP contribution in [0.15, 0.2) is 51.2 Å². The van der Waals surface area contributed by atoms with E-state index in [0.29, 0.717) is 0 Å². The van der Waals surface area contributed by atoms with Crippen LogP contribution < -0.4 is 4.90 Å². The van der Waals surface area contributed by atoms with Gasteiger partial charge in [0.05, 0.1) is 10.2 Å². The maximum absolute atomic E-state index is 4.33. The summed E-state index contributed by atoms with van der Waals surface area (Å²) in [5, 5.41) is 0.787. The van der Waals surface area contributed by atoms with Gasteiger partial charge in [0.25, 0.3) is 0 Å². The molecule has 1 aromatic carbocycles. The first-order valence-corrected chi connectivity index (χ1v) is 7.93. The minimum absolute atomic E-state index is 0.787. The highest BCUT2D eigenvalue weighted by Gasteiger charge is 2.16. The van der Waals surface area contributed by atoms with Crippen LogP contribution in [-0.4, -0.2) is 23.1 Å². The van der Waals surface area contributed by atoms with E-state index in [4.69, 9.17) is 0 Å². The van der Waals surface area contributed by atoms with Gasteiger partial charge in [-0.15, -0.1) is 0 Å². The Hall–Kier alpha value is -1.07. The summed E-state index contributed by atoms with van der Waals surface area (Å²) >= 11 is 4.98. The molecule has 1 aromatic heterocycles. The minimum Gasteiger partial charge on any atom is -0.371 e. The first kappa shape index (κ1) is 12.9. The predicted molar refractivity (Wildman–Crippen MR) is 81.7 cm³/mol. The number of nitrogens with zero attached hydrogens (tertiary/aromatic N) is 3. The van der Waals surface area contributed by atoms with Gasteiger partial charge in [0.1, 0.15) is 0 Å². The van der Waals surface area contributed by atoms with Crippen LogP contribution in [0.4, 0.5) is 5.69 Å². The third-order valence-corrected chi connectivity index (χ3v) is 4.48. The number of benzene rings is 1. The summed E-state index contributed by atoms with van der Waals surface area (Å²) in [4.78, 5) is 12.3. The third-order valence-electron chi connectivity index (χ3n) is 3.11. The molecule has 0 bridgehead atoms. The average molecular weight is 336 g/mol. The molecule has 98 valence electrons. The largest absolute Gasteiger partial charge is 0.371 e. The molecule has 3 nitrogen and oxygen atoms in total. The second-order valence-corrected chi connectivity index (χ2v) is 6.37. The second kappa shape index (κ2) is 5.92. The summed E-state index contributed by atoms with van der Waals surface area (Å²) in [7, 11) is 0. The van der Waals surface area contributed by atoms with Gasteiger partial charge in [-0.05, 0) is 52.7 Å². The Bertz CT molecular complexity index is 553. The number of aromatic nitrogens is 2. The topological polar surface area (TPSA) is 29.0 Å². The normalized spacial score (nSPS) is 14.9. The predicted octanol–water partition coefficient (Wildman–Crippen LogP) is 3.99. The van der Waals surface area contributed by atoms with Gasteiger partial charge in [0.15, 0.2) is 5.16 Å². The Balaban J connectivity index is 1.85. The highest BCUT2D eigenvalue weighted by molar-refractivity contribution is 9.10. The van der Waals surface area contributed by atoms with Crippen LogP contribution in [0.5, 0.6) is 0 Å². The molecule has 2 aromatic rings. The Labute approximate surface area is 125 Å². The van der Waals surface area contributed by atoms with E-state index in [1.165, 1.54) is 23.4 Å². The van der Waals surface area contributed by atoms with Crippen molar-refractivity contribution >= 4 is 33.4 Å². The van der Waals surface area contributed by atoms with E-state index >= 15 is 0 Å². The summed E-state index contributed by atoms with van der Waals surface area (Å²) in [6.45, 7) is 2.30. The average Bonchev–Trinajstić information content (AvgIpc) is 2.96. The van der Waals surface area contributed by atoms with Gasteiger partial charge in [0, 0.05) is 30.4 Å². The first-order valence-electron chi connectivity index (χ1n) is 6.32. The molecule has 1 aliphatic heterocycles. The number of rotatable bonds is 3. The number of anilines is 1. The van der Waals surface area contributed by atoms with Gasteiger partial charge < -0.3 is 4.90 Å². The zero-order chi connectivity index (χ0) is 13.1. The standard InChI is InChI=1S/C14H14BrN3S/c15-11-9-16-14(17-10-11)19-13-6-2-1-5-12(13)18-7-3-4-8-18/h1-2,5-6,9-10H,3-4,7-8H2. The first-order chi connectivity index (χ1) is 9.33. The number of hydrogen-bond donors (Lipinski definition) is 0. The Morgan fingerprint density at radius 3 is 2.47 bits per heavy atom. The third kappa shape index (κ3) is 3.09. The molecule has 0 atom stereocenters. The van der Waals surface area contributed by atoms with Crippen LogP contribution in [0.25, 0.3) is 0 Å². The molecule has 0 unspecified atom stereocenters. The van der Waals surface area contributed by atoms with Crippen LogP contribution in [0, 0.1) is 0 Å². The van der Waals surface area contributed by atoms with Crippen molar-refractivity contribution in [2.24, 2.45) is 0 Å². The maximum atomic E-state index is 4.33. The fraction of sp³-hybridized carbons (Fsp3) is 0.286. The van der Waals surface area contributed by atoms with Gasteiger partial charge in [-0.1, -0.05) is 12.1 Å². The molecule has 0 radical (unpaired) electrons. The van der Waals surface area contributed by atoms with Crippen molar-refractivity contribution in [2.75, 3.05) is 18.0 Å². The molecule has 19 heavy (non-hydrogen) atoms. The van der Waals surface area contributed by atoms with Gasteiger partial charge in [-0.25, -0.2) is 9.97 Å². The zero-order valence-electron chi connectivity index (χ0n) is 10.4. The minimum atomic E-state index is 0.787. The number of halogens is 1. The molecule has 0 spiro atoms. The lowest BCUT2D eigenvalue weighted by molar-refractivity contribution is 0.940. The smallest absolute Gasteiger partial charge is 0.192 e. The van der Waals surface area contributed by atoms with Crippen molar-refractivity contribution in [3.8, 4) is 0 Å². The molecule has 1 fully saturated rings. The molecular formula is C14H14BrN3S. The summed E-state index contributed by atoms with van der Waals surface area (Å²) in [5.41, 5.74) is 1.30. The fourth-order valence-corrected chi connectivity index (χ4v) is 3.27. The highest BCUT2D eigenvalue weighted by atomic mass is 79.9. The lowest BCUT2D eigenvalue weighted by Crippen LogP contribution is -2.18. The second-order valence-electron chi connectivity index (χ2n) is 4.45. The van der Waals surface area contributed by atoms with E-state index in [1.54, 1.807) is 24.2 Å². The Morgan fingerprint density at radius 2 is 1.74 bits per heavy atom. The van der Waals surface area contributed by atoms with Crippen molar-refractivity contribution in [1.82, 2.24) is 9.97 Å². The van der Waals surface area contributed by atoms with E-state index in [-0.39, 0.29) is 0 Å². The fourth-order valence-electron chi connectivity index (χ4n) is 2.21. The number of para-hydroxylation sites is 1. The Morgan fingerprint density at radius 1 is 1.05 bits per heavy atom. The maximum Gasteiger partial charge on any atom is 0.192 e. The van der Waals surface area contributed by atoms with Crippen molar-refractivity contribution in [1.29, 1.82) is 0 Å². The van der Waals surface area contributed by atoms with Gasteiger partial charge in [-0.2, -0.15) is 0 Å². The monoisotopic (exact) mass is 335 g/mol. The molecule has 5 heteroatoms. The molecule has 0 aliphatic carbocycles. The van der Waals surface area contributed by atoms with Crippen LogP contribution in [-0.2, 0) is 0 Å². The zero-order valence-corrected chi connectivity index (χ0v) is 12.8. The summed E-state index contributed by atoms with van der Waals surface area (Å²) < 4.78 is 0.907. The molecule has 1 aliphatic rings. The van der Waals surface area contributed by atoms with E-state index < -0.39 is 0 Å². The van der Waals surface area contributed by atoms with Crippen LogP contribution in [0.3, 0.4) is 0 Å². The van der Waals surface area contributed by atoms with E-state index in [0.717, 1.165) is 22.7 Å². The molecule has 2 heterocycles. The number of hydrogen-bond acceptors (Lipinski definition) is 4. The molecule has 1 saturated heterocycles. The van der Waals surface area contributed by atoms with Crippen molar-refractivity contribution in [2.45, 2.75) is 22.9 Å². The van der Waals surface area contributed by atoms with Crippen molar-refractivity contribution < 1.29 is 0 Å². The van der Waals surface area contributed by atoms with Crippen LogP contribution in [0.1, 0.15) is 12.8 Å². The summed E-state index contributed by atoms with van der Waals surface area (Å²) in [6, 6.07) is 8.50. The van der Waals surface area contributed by atoms with Gasteiger partial charge in [-0.3, -0.25) is 0 Å².